The van der Waals surface area contributed by atoms with E-state index in [1.807, 2.05) is 0 Å². The van der Waals surface area contributed by atoms with Gasteiger partial charge in [0, 0.05) is 18.7 Å². The van der Waals surface area contributed by atoms with Crippen molar-refractivity contribution in [3.8, 4) is 0 Å². The van der Waals surface area contributed by atoms with Crippen molar-refractivity contribution in [1.82, 2.24) is 5.32 Å². The zero-order valence-corrected chi connectivity index (χ0v) is 17.5. The molecule has 4 nitrogen and oxygen atoms in total. The average Bonchev–Trinajstić information content (AvgIpc) is 2.64. The third-order valence-corrected chi connectivity index (χ3v) is 7.21. The van der Waals surface area contributed by atoms with E-state index < -0.39 is 5.97 Å². The molecule has 1 aromatic carbocycles. The number of carboxylic acids is 1. The van der Waals surface area contributed by atoms with E-state index >= 15 is 0 Å². The third-order valence-electron chi connectivity index (χ3n) is 7.21. The molecule has 1 fully saturated rings. The lowest BCUT2D eigenvalue weighted by Crippen LogP contribution is -2.53. The minimum Gasteiger partial charge on any atom is -0.478 e. The van der Waals surface area contributed by atoms with E-state index in [2.05, 4.69) is 51.2 Å². The van der Waals surface area contributed by atoms with Crippen LogP contribution in [0.2, 0.25) is 0 Å². The van der Waals surface area contributed by atoms with Crippen LogP contribution in [0, 0.1) is 11.3 Å². The van der Waals surface area contributed by atoms with E-state index in [0.29, 0.717) is 18.4 Å². The highest BCUT2D eigenvalue weighted by molar-refractivity contribution is 5.93. The summed E-state index contributed by atoms with van der Waals surface area (Å²) >= 11 is 0. The van der Waals surface area contributed by atoms with Crippen molar-refractivity contribution in [2.45, 2.75) is 71.1 Å². The number of carboxylic acid groups (broad SMARTS) is 1. The molecule has 0 spiro atoms. The summed E-state index contributed by atoms with van der Waals surface area (Å²) in [4.78, 5) is 22.6. The number of aryl methyl sites for hydroxylation is 1. The van der Waals surface area contributed by atoms with Crippen LogP contribution in [0.5, 0.6) is 0 Å². The van der Waals surface area contributed by atoms with Gasteiger partial charge in [0.25, 0.3) is 0 Å². The molecule has 1 aromatic rings. The number of aliphatic carboxylic acids is 1. The molecule has 0 unspecified atom stereocenters. The first kappa shape index (κ1) is 20.6. The predicted octanol–water partition coefficient (Wildman–Crippen LogP) is 4.58. The van der Waals surface area contributed by atoms with Crippen molar-refractivity contribution < 1.29 is 14.7 Å². The number of benzene rings is 1. The summed E-state index contributed by atoms with van der Waals surface area (Å²) in [7, 11) is 0. The Morgan fingerprint density at radius 1 is 1.25 bits per heavy atom. The van der Waals surface area contributed by atoms with Crippen LogP contribution in [0.15, 0.2) is 30.4 Å². The van der Waals surface area contributed by atoms with Crippen LogP contribution in [-0.4, -0.2) is 23.5 Å². The van der Waals surface area contributed by atoms with E-state index in [0.717, 1.165) is 37.8 Å². The molecule has 2 N–H and O–H groups in total. The molecule has 0 bridgehead atoms. The number of hydrogen-bond donors (Lipinski definition) is 2. The van der Waals surface area contributed by atoms with E-state index in [4.69, 9.17) is 5.11 Å². The number of amides is 1. The normalized spacial score (nSPS) is 29.4. The molecule has 28 heavy (non-hydrogen) atoms. The van der Waals surface area contributed by atoms with Crippen LogP contribution >= 0.6 is 0 Å². The van der Waals surface area contributed by atoms with Crippen molar-refractivity contribution in [3.05, 3.63) is 47.0 Å². The zero-order valence-electron chi connectivity index (χ0n) is 17.5. The van der Waals surface area contributed by atoms with Gasteiger partial charge < -0.3 is 10.4 Å². The van der Waals surface area contributed by atoms with Gasteiger partial charge in [0.15, 0.2) is 0 Å². The third kappa shape index (κ3) is 3.87. The van der Waals surface area contributed by atoms with Gasteiger partial charge in [0.2, 0.25) is 5.91 Å². The summed E-state index contributed by atoms with van der Waals surface area (Å²) < 4.78 is 0. The van der Waals surface area contributed by atoms with Gasteiger partial charge in [-0.15, -0.1) is 0 Å². The Hall–Kier alpha value is -2.10. The SMILES string of the molecule is CC(C)c1ccc2c(c1)CC[C@H]1[C@](C)(CNC(=O)/C=C/C(=O)O)CCC[C@@]21C. The Balaban J connectivity index is 1.82. The molecule has 1 amide bonds. The van der Waals surface area contributed by atoms with Crippen LogP contribution < -0.4 is 5.32 Å². The second kappa shape index (κ2) is 7.73. The molecule has 4 heteroatoms. The summed E-state index contributed by atoms with van der Waals surface area (Å²) in [6.07, 6.45) is 7.67. The van der Waals surface area contributed by atoms with Gasteiger partial charge in [0.05, 0.1) is 0 Å². The van der Waals surface area contributed by atoms with E-state index in [1.54, 1.807) is 0 Å². The molecular formula is C24H33NO3. The summed E-state index contributed by atoms with van der Waals surface area (Å²) in [5.74, 6) is -0.374. The van der Waals surface area contributed by atoms with Gasteiger partial charge in [-0.05, 0) is 65.0 Å². The number of fused-ring (bicyclic) bond motifs is 3. The second-order valence-electron chi connectivity index (χ2n) is 9.48. The number of rotatable bonds is 5. The molecule has 3 atom stereocenters. The summed E-state index contributed by atoms with van der Waals surface area (Å²) in [5.41, 5.74) is 4.57. The molecule has 0 aliphatic heterocycles. The topological polar surface area (TPSA) is 66.4 Å². The molecule has 0 radical (unpaired) electrons. The summed E-state index contributed by atoms with van der Waals surface area (Å²) in [5, 5.41) is 11.7. The Morgan fingerprint density at radius 3 is 2.68 bits per heavy atom. The van der Waals surface area contributed by atoms with Crippen molar-refractivity contribution in [1.29, 1.82) is 0 Å². The van der Waals surface area contributed by atoms with E-state index in [1.165, 1.54) is 23.1 Å². The molecule has 0 saturated heterocycles. The Labute approximate surface area is 168 Å². The second-order valence-corrected chi connectivity index (χ2v) is 9.48. The van der Waals surface area contributed by atoms with Gasteiger partial charge in [0.1, 0.15) is 0 Å². The lowest BCUT2D eigenvalue weighted by atomic mass is 9.49. The van der Waals surface area contributed by atoms with Crippen LogP contribution in [0.25, 0.3) is 0 Å². The minimum absolute atomic E-state index is 0.0220. The molecule has 2 aliphatic carbocycles. The van der Waals surface area contributed by atoms with Crippen molar-refractivity contribution in [2.75, 3.05) is 6.54 Å². The summed E-state index contributed by atoms with van der Waals surface area (Å²) in [6, 6.07) is 7.06. The van der Waals surface area contributed by atoms with Crippen molar-refractivity contribution in [2.24, 2.45) is 11.3 Å². The molecule has 2 aliphatic rings. The van der Waals surface area contributed by atoms with Crippen molar-refractivity contribution >= 4 is 11.9 Å². The van der Waals surface area contributed by atoms with E-state index in [-0.39, 0.29) is 16.7 Å². The molecule has 0 heterocycles. The standard InChI is InChI=1S/C24H33NO3/c1-16(2)17-6-8-19-18(14-17)7-9-20-23(3,12-5-13-24(19,20)4)15-25-21(26)10-11-22(27)28/h6,8,10-11,14,16,20H,5,7,9,12-13,15H2,1-4H3,(H,25,26)(H,27,28)/b11-10+/t20-,23-,24-/m0/s1. The highest BCUT2D eigenvalue weighted by atomic mass is 16.4. The highest BCUT2D eigenvalue weighted by Crippen LogP contribution is 2.57. The molecule has 3 rings (SSSR count). The number of carbonyl (C=O) groups is 2. The first-order valence-electron chi connectivity index (χ1n) is 10.5. The van der Waals surface area contributed by atoms with Crippen LogP contribution in [0.1, 0.15) is 76.0 Å². The molecular weight excluding hydrogens is 350 g/mol. The quantitative estimate of drug-likeness (QED) is 0.732. The minimum atomic E-state index is -1.10. The van der Waals surface area contributed by atoms with E-state index in [9.17, 15) is 9.59 Å². The Bertz CT molecular complexity index is 797. The lowest BCUT2D eigenvalue weighted by Gasteiger charge is -2.55. The fraction of sp³-hybridized carbons (Fsp3) is 0.583. The highest BCUT2D eigenvalue weighted by Gasteiger charge is 2.51. The number of nitrogens with one attached hydrogen (secondary N) is 1. The maximum Gasteiger partial charge on any atom is 0.328 e. The van der Waals surface area contributed by atoms with Gasteiger partial charge in [-0.2, -0.15) is 0 Å². The smallest absolute Gasteiger partial charge is 0.328 e. The predicted molar refractivity (Wildman–Crippen MR) is 111 cm³/mol. The fourth-order valence-electron chi connectivity index (χ4n) is 5.71. The first-order valence-corrected chi connectivity index (χ1v) is 10.5. The number of carbonyl (C=O) groups excluding carboxylic acids is 1. The molecule has 0 aromatic heterocycles. The number of hydrogen-bond acceptors (Lipinski definition) is 2. The van der Waals surface area contributed by atoms with Gasteiger partial charge in [-0.1, -0.05) is 52.3 Å². The fourth-order valence-corrected chi connectivity index (χ4v) is 5.71. The van der Waals surface area contributed by atoms with Crippen molar-refractivity contribution in [3.63, 3.8) is 0 Å². The molecule has 152 valence electrons. The summed E-state index contributed by atoms with van der Waals surface area (Å²) in [6.45, 7) is 9.79. The van der Waals surface area contributed by atoms with Crippen LogP contribution in [0.4, 0.5) is 0 Å². The average molecular weight is 384 g/mol. The maximum absolute atomic E-state index is 12.0. The van der Waals surface area contributed by atoms with Gasteiger partial charge in [-0.25, -0.2) is 4.79 Å². The van der Waals surface area contributed by atoms with Gasteiger partial charge in [-0.3, -0.25) is 4.79 Å². The van der Waals surface area contributed by atoms with Crippen LogP contribution in [-0.2, 0) is 21.4 Å². The van der Waals surface area contributed by atoms with Crippen LogP contribution in [0.3, 0.4) is 0 Å². The maximum atomic E-state index is 12.0. The largest absolute Gasteiger partial charge is 0.478 e. The monoisotopic (exact) mass is 383 g/mol. The first-order chi connectivity index (χ1) is 13.2. The Kier molecular flexibility index (Phi) is 5.69. The molecule has 1 saturated carbocycles. The lowest BCUT2D eigenvalue weighted by molar-refractivity contribution is -0.131. The van der Waals surface area contributed by atoms with Gasteiger partial charge >= 0.3 is 5.97 Å². The Morgan fingerprint density at radius 2 is 2.00 bits per heavy atom. The zero-order chi connectivity index (χ0) is 20.5.